The van der Waals surface area contributed by atoms with Gasteiger partial charge in [0.05, 0.1) is 20.1 Å². The Labute approximate surface area is 112 Å². The highest BCUT2D eigenvalue weighted by molar-refractivity contribution is 5.96. The molecule has 0 bridgehead atoms. The van der Waals surface area contributed by atoms with E-state index >= 15 is 0 Å². The summed E-state index contributed by atoms with van der Waals surface area (Å²) in [7, 11) is 1.31. The third-order valence-corrected chi connectivity index (χ3v) is 2.37. The number of hydrogen-bond acceptors (Lipinski definition) is 5. The molecule has 0 aliphatic rings. The molecule has 1 rings (SSSR count). The Morgan fingerprint density at radius 3 is 2.84 bits per heavy atom. The van der Waals surface area contributed by atoms with Gasteiger partial charge in [-0.3, -0.25) is 9.59 Å². The molecule has 0 aliphatic heterocycles. The summed E-state index contributed by atoms with van der Waals surface area (Å²) in [6.07, 6.45) is 1.67. The summed E-state index contributed by atoms with van der Waals surface area (Å²) in [5, 5.41) is 2.70. The van der Waals surface area contributed by atoms with Crippen LogP contribution >= 0.6 is 0 Å². The summed E-state index contributed by atoms with van der Waals surface area (Å²) in [4.78, 5) is 27.1. The Balaban J connectivity index is 2.70. The van der Waals surface area contributed by atoms with Crippen molar-refractivity contribution in [3.05, 3.63) is 23.9 Å². The molecule has 6 nitrogen and oxygen atoms in total. The zero-order chi connectivity index (χ0) is 14.3. The number of amides is 1. The molecule has 1 N–H and O–H groups in total. The maximum absolute atomic E-state index is 12.0. The van der Waals surface area contributed by atoms with Gasteiger partial charge < -0.3 is 14.8 Å². The summed E-state index contributed by atoms with van der Waals surface area (Å²) < 4.78 is 9.82. The fraction of sp³-hybridized carbons (Fsp3) is 0.462. The molecule has 0 spiro atoms. The molecule has 1 aromatic heterocycles. The third-order valence-electron chi connectivity index (χ3n) is 2.37. The van der Waals surface area contributed by atoms with Crippen LogP contribution in [-0.4, -0.2) is 36.6 Å². The van der Waals surface area contributed by atoms with Crippen molar-refractivity contribution >= 4 is 11.9 Å². The van der Waals surface area contributed by atoms with Gasteiger partial charge in [0, 0.05) is 12.2 Å². The van der Waals surface area contributed by atoms with Gasteiger partial charge in [0.2, 0.25) is 5.88 Å². The number of hydrogen-bond donors (Lipinski definition) is 1. The second kappa shape index (κ2) is 7.35. The maximum atomic E-state index is 12.0. The molecule has 6 heteroatoms. The molecule has 1 amide bonds. The van der Waals surface area contributed by atoms with Crippen LogP contribution in [0.25, 0.3) is 0 Å². The van der Waals surface area contributed by atoms with Crippen molar-refractivity contribution in [2.24, 2.45) is 0 Å². The van der Waals surface area contributed by atoms with Crippen LogP contribution in [0.15, 0.2) is 18.3 Å². The third kappa shape index (κ3) is 4.57. The first-order chi connectivity index (χ1) is 9.08. The number of esters is 1. The second-order valence-electron chi connectivity index (χ2n) is 3.94. The molecule has 1 heterocycles. The predicted octanol–water partition coefficient (Wildman–Crippen LogP) is 1.16. The minimum absolute atomic E-state index is 0.118. The summed E-state index contributed by atoms with van der Waals surface area (Å²) in [5.74, 6) is -0.412. The Kier molecular flexibility index (Phi) is 5.78. The van der Waals surface area contributed by atoms with Crippen molar-refractivity contribution < 1.29 is 19.1 Å². The Morgan fingerprint density at radius 1 is 1.47 bits per heavy atom. The first-order valence-corrected chi connectivity index (χ1v) is 6.04. The number of carbonyl (C=O) groups is 2. The molecule has 0 aliphatic carbocycles. The highest BCUT2D eigenvalue weighted by Crippen LogP contribution is 2.14. The van der Waals surface area contributed by atoms with Crippen LogP contribution in [0, 0.1) is 0 Å². The molecule has 19 heavy (non-hydrogen) atoms. The Bertz CT molecular complexity index is 448. The second-order valence-corrected chi connectivity index (χ2v) is 3.94. The fourth-order valence-corrected chi connectivity index (χ4v) is 1.50. The molecular weight excluding hydrogens is 248 g/mol. The van der Waals surface area contributed by atoms with Gasteiger partial charge in [-0.2, -0.15) is 0 Å². The zero-order valence-electron chi connectivity index (χ0n) is 11.3. The molecule has 0 saturated carbocycles. The monoisotopic (exact) mass is 266 g/mol. The average Bonchev–Trinajstić information content (AvgIpc) is 2.39. The fourth-order valence-electron chi connectivity index (χ4n) is 1.50. The van der Waals surface area contributed by atoms with Gasteiger partial charge in [0.15, 0.2) is 0 Å². The van der Waals surface area contributed by atoms with Gasteiger partial charge in [-0.15, -0.1) is 0 Å². The predicted molar refractivity (Wildman–Crippen MR) is 69.0 cm³/mol. The average molecular weight is 266 g/mol. The van der Waals surface area contributed by atoms with Crippen LogP contribution in [0.3, 0.4) is 0 Å². The van der Waals surface area contributed by atoms with E-state index in [1.807, 2.05) is 6.92 Å². The molecule has 1 aromatic rings. The number of nitrogens with one attached hydrogen (secondary N) is 1. The van der Waals surface area contributed by atoms with Crippen molar-refractivity contribution in [2.45, 2.75) is 26.3 Å². The van der Waals surface area contributed by atoms with Crippen LogP contribution < -0.4 is 10.1 Å². The van der Waals surface area contributed by atoms with Gasteiger partial charge in [0.25, 0.3) is 5.91 Å². The van der Waals surface area contributed by atoms with Gasteiger partial charge in [-0.25, -0.2) is 4.98 Å². The van der Waals surface area contributed by atoms with Crippen LogP contribution in [0.1, 0.15) is 30.6 Å². The Morgan fingerprint density at radius 2 is 2.21 bits per heavy atom. The summed E-state index contributed by atoms with van der Waals surface area (Å²) in [6.45, 7) is 3.97. The standard InChI is InChI=1S/C13H18N2O4/c1-4-19-13-10(6-5-7-14-13)12(17)15-9(2)8-11(16)18-3/h5-7,9H,4,8H2,1-3H3,(H,15,17). The lowest BCUT2D eigenvalue weighted by molar-refractivity contribution is -0.141. The van der Waals surface area contributed by atoms with E-state index in [4.69, 9.17) is 4.74 Å². The number of ether oxygens (including phenoxy) is 2. The van der Waals surface area contributed by atoms with E-state index in [1.54, 1.807) is 25.3 Å². The van der Waals surface area contributed by atoms with Gasteiger partial charge in [-0.1, -0.05) is 0 Å². The molecule has 1 atom stereocenters. The number of aromatic nitrogens is 1. The zero-order valence-corrected chi connectivity index (χ0v) is 11.3. The first-order valence-electron chi connectivity index (χ1n) is 6.04. The van der Waals surface area contributed by atoms with E-state index in [0.717, 1.165) is 0 Å². The molecule has 0 aromatic carbocycles. The SMILES string of the molecule is CCOc1ncccc1C(=O)NC(C)CC(=O)OC. The molecule has 1 unspecified atom stereocenters. The quantitative estimate of drug-likeness (QED) is 0.782. The maximum Gasteiger partial charge on any atom is 0.307 e. The van der Waals surface area contributed by atoms with Crippen molar-refractivity contribution in [3.8, 4) is 5.88 Å². The van der Waals surface area contributed by atoms with Gasteiger partial charge >= 0.3 is 5.97 Å². The molecular formula is C13H18N2O4. The summed E-state index contributed by atoms with van der Waals surface area (Å²) in [6, 6.07) is 2.95. The van der Waals surface area contributed by atoms with E-state index in [0.29, 0.717) is 12.2 Å². The number of rotatable bonds is 6. The highest BCUT2D eigenvalue weighted by Gasteiger charge is 2.17. The molecule has 0 fully saturated rings. The van der Waals surface area contributed by atoms with E-state index in [9.17, 15) is 9.59 Å². The van der Waals surface area contributed by atoms with Crippen molar-refractivity contribution in [2.75, 3.05) is 13.7 Å². The number of pyridine rings is 1. The van der Waals surface area contributed by atoms with Gasteiger partial charge in [0.1, 0.15) is 5.56 Å². The van der Waals surface area contributed by atoms with E-state index in [2.05, 4.69) is 15.0 Å². The lowest BCUT2D eigenvalue weighted by atomic mass is 10.2. The Hall–Kier alpha value is -2.11. The normalized spacial score (nSPS) is 11.5. The number of carbonyl (C=O) groups excluding carboxylic acids is 2. The van der Waals surface area contributed by atoms with Crippen molar-refractivity contribution in [3.63, 3.8) is 0 Å². The topological polar surface area (TPSA) is 77.5 Å². The van der Waals surface area contributed by atoms with Crippen molar-refractivity contribution in [1.29, 1.82) is 0 Å². The highest BCUT2D eigenvalue weighted by atomic mass is 16.5. The number of methoxy groups -OCH3 is 1. The smallest absolute Gasteiger partial charge is 0.307 e. The van der Waals surface area contributed by atoms with Crippen molar-refractivity contribution in [1.82, 2.24) is 10.3 Å². The lowest BCUT2D eigenvalue weighted by Crippen LogP contribution is -2.34. The van der Waals surface area contributed by atoms with Crippen LogP contribution in [0.5, 0.6) is 5.88 Å². The van der Waals surface area contributed by atoms with Crippen LogP contribution in [-0.2, 0) is 9.53 Å². The molecule has 0 radical (unpaired) electrons. The van der Waals surface area contributed by atoms with E-state index < -0.39 is 0 Å². The summed E-state index contributed by atoms with van der Waals surface area (Å²) in [5.41, 5.74) is 0.348. The number of nitrogens with zero attached hydrogens (tertiary/aromatic N) is 1. The van der Waals surface area contributed by atoms with Gasteiger partial charge in [-0.05, 0) is 26.0 Å². The van der Waals surface area contributed by atoms with Crippen LogP contribution in [0.4, 0.5) is 0 Å². The molecule has 0 saturated heterocycles. The van der Waals surface area contributed by atoms with Crippen LogP contribution in [0.2, 0.25) is 0 Å². The lowest BCUT2D eigenvalue weighted by Gasteiger charge is -2.14. The minimum atomic E-state index is -0.371. The van der Waals surface area contributed by atoms with E-state index in [1.165, 1.54) is 7.11 Å². The summed E-state index contributed by atoms with van der Waals surface area (Å²) >= 11 is 0. The van der Waals surface area contributed by atoms with E-state index in [-0.39, 0.29) is 30.2 Å². The minimum Gasteiger partial charge on any atom is -0.477 e. The first kappa shape index (κ1) is 14.9. The molecule has 104 valence electrons. The largest absolute Gasteiger partial charge is 0.477 e.